The molecule has 0 bridgehead atoms. The van der Waals surface area contributed by atoms with E-state index in [4.69, 9.17) is 9.47 Å². The zero-order valence-corrected chi connectivity index (χ0v) is 7.56. The maximum atomic E-state index is 5.14. The van der Waals surface area contributed by atoms with Gasteiger partial charge in [0.15, 0.2) is 0 Å². The molecule has 0 aliphatic carbocycles. The molecule has 0 radical (unpaired) electrons. The van der Waals surface area contributed by atoms with Crippen LogP contribution >= 0.6 is 0 Å². The number of hydrogen-bond acceptors (Lipinski definition) is 3. The van der Waals surface area contributed by atoms with E-state index in [0.29, 0.717) is 0 Å². The van der Waals surface area contributed by atoms with E-state index >= 15 is 0 Å². The Balaban J connectivity index is 2.69. The second-order valence-corrected chi connectivity index (χ2v) is 2.14. The van der Waals surface area contributed by atoms with Crippen LogP contribution in [-0.2, 0) is 9.47 Å². The predicted molar refractivity (Wildman–Crippen MR) is 45.9 cm³/mol. The molecule has 0 spiro atoms. The van der Waals surface area contributed by atoms with Gasteiger partial charge in [-0.3, -0.25) is 0 Å². The molecule has 0 atom stereocenters. The lowest BCUT2D eigenvalue weighted by Crippen LogP contribution is -2.23. The van der Waals surface area contributed by atoms with Crippen LogP contribution in [0, 0.1) is 0 Å². The highest BCUT2D eigenvalue weighted by molar-refractivity contribution is 4.43. The van der Waals surface area contributed by atoms with E-state index < -0.39 is 0 Å². The summed E-state index contributed by atoms with van der Waals surface area (Å²) in [5.41, 5.74) is 0. The van der Waals surface area contributed by atoms with Gasteiger partial charge in [0, 0.05) is 26.3 Å². The summed E-state index contributed by atoms with van der Waals surface area (Å²) in [6.07, 6.45) is 0. The van der Waals surface area contributed by atoms with Crippen LogP contribution in [0.15, 0.2) is 0 Å². The zero-order chi connectivity index (χ0) is 8.36. The van der Waals surface area contributed by atoms with E-state index in [1.807, 2.05) is 13.8 Å². The van der Waals surface area contributed by atoms with E-state index in [9.17, 15) is 0 Å². The average Bonchev–Trinajstić information content (AvgIpc) is 2.03. The molecule has 3 nitrogen and oxygen atoms in total. The summed E-state index contributed by atoms with van der Waals surface area (Å²) < 4.78 is 10.3. The van der Waals surface area contributed by atoms with Crippen LogP contribution in [0.2, 0.25) is 0 Å². The van der Waals surface area contributed by atoms with Gasteiger partial charge in [0.25, 0.3) is 0 Å². The van der Waals surface area contributed by atoms with Crippen molar-refractivity contribution in [2.45, 2.75) is 13.8 Å². The second-order valence-electron chi connectivity index (χ2n) is 2.14. The van der Waals surface area contributed by atoms with E-state index in [1.165, 1.54) is 0 Å². The Morgan fingerprint density at radius 2 is 1.36 bits per heavy atom. The van der Waals surface area contributed by atoms with E-state index in [2.05, 4.69) is 5.32 Å². The molecule has 0 aromatic carbocycles. The molecule has 1 N–H and O–H groups in total. The van der Waals surface area contributed by atoms with Crippen LogP contribution in [0.5, 0.6) is 0 Å². The number of hydrogen-bond donors (Lipinski definition) is 1. The molecular formula is C8H19NO2. The van der Waals surface area contributed by atoms with E-state index in [-0.39, 0.29) is 0 Å². The maximum absolute atomic E-state index is 5.14. The smallest absolute Gasteiger partial charge is 0.0590 e. The second kappa shape index (κ2) is 9.88. The van der Waals surface area contributed by atoms with Gasteiger partial charge >= 0.3 is 0 Å². The summed E-state index contributed by atoms with van der Waals surface area (Å²) in [4.78, 5) is 0. The molecule has 0 amide bonds. The lowest BCUT2D eigenvalue weighted by atomic mass is 10.6. The fourth-order valence-electron chi connectivity index (χ4n) is 0.702. The molecule has 11 heavy (non-hydrogen) atoms. The van der Waals surface area contributed by atoms with E-state index in [0.717, 1.165) is 39.5 Å². The zero-order valence-electron chi connectivity index (χ0n) is 7.56. The first-order valence-corrected chi connectivity index (χ1v) is 4.28. The Hall–Kier alpha value is -0.120. The Morgan fingerprint density at radius 3 is 1.73 bits per heavy atom. The topological polar surface area (TPSA) is 30.5 Å². The molecule has 0 saturated heterocycles. The largest absolute Gasteiger partial charge is 0.380 e. The first-order valence-electron chi connectivity index (χ1n) is 4.28. The van der Waals surface area contributed by atoms with Crippen LogP contribution in [0.25, 0.3) is 0 Å². The maximum Gasteiger partial charge on any atom is 0.0590 e. The van der Waals surface area contributed by atoms with Gasteiger partial charge in [-0.1, -0.05) is 0 Å². The predicted octanol–water partition coefficient (Wildman–Crippen LogP) is 0.649. The molecule has 0 rings (SSSR count). The van der Waals surface area contributed by atoms with Crippen molar-refractivity contribution >= 4 is 0 Å². The van der Waals surface area contributed by atoms with Gasteiger partial charge in [0.2, 0.25) is 0 Å². The third-order valence-corrected chi connectivity index (χ3v) is 1.25. The Morgan fingerprint density at radius 1 is 0.909 bits per heavy atom. The Kier molecular flexibility index (Phi) is 9.77. The summed E-state index contributed by atoms with van der Waals surface area (Å²) in [7, 11) is 0. The standard InChI is InChI=1S/C8H19NO2/c1-3-10-7-5-9-6-8-11-4-2/h9H,3-8H2,1-2H3. The summed E-state index contributed by atoms with van der Waals surface area (Å²) >= 11 is 0. The minimum Gasteiger partial charge on any atom is -0.380 e. The molecule has 0 saturated carbocycles. The van der Waals surface area contributed by atoms with Crippen LogP contribution in [-0.4, -0.2) is 39.5 Å². The molecular weight excluding hydrogens is 142 g/mol. The van der Waals surface area contributed by atoms with Crippen molar-refractivity contribution in [2.24, 2.45) is 0 Å². The van der Waals surface area contributed by atoms with Crippen molar-refractivity contribution in [1.29, 1.82) is 0 Å². The van der Waals surface area contributed by atoms with Crippen molar-refractivity contribution < 1.29 is 9.47 Å². The van der Waals surface area contributed by atoms with Crippen molar-refractivity contribution in [2.75, 3.05) is 39.5 Å². The van der Waals surface area contributed by atoms with Gasteiger partial charge in [0.1, 0.15) is 0 Å². The molecule has 0 unspecified atom stereocenters. The third-order valence-electron chi connectivity index (χ3n) is 1.25. The molecule has 68 valence electrons. The molecule has 0 aromatic rings. The quantitative estimate of drug-likeness (QED) is 0.530. The minimum atomic E-state index is 0.794. The number of ether oxygens (including phenoxy) is 2. The average molecular weight is 161 g/mol. The van der Waals surface area contributed by atoms with Crippen molar-refractivity contribution in [3.63, 3.8) is 0 Å². The molecule has 0 heterocycles. The van der Waals surface area contributed by atoms with Gasteiger partial charge in [-0.25, -0.2) is 0 Å². The highest BCUT2D eigenvalue weighted by Gasteiger charge is 1.86. The highest BCUT2D eigenvalue weighted by Crippen LogP contribution is 1.72. The van der Waals surface area contributed by atoms with E-state index in [1.54, 1.807) is 0 Å². The number of nitrogens with one attached hydrogen (secondary N) is 1. The first kappa shape index (κ1) is 10.9. The Labute approximate surface area is 69.1 Å². The van der Waals surface area contributed by atoms with Gasteiger partial charge < -0.3 is 14.8 Å². The Bertz CT molecular complexity index is 61.1. The first-order chi connectivity index (χ1) is 5.41. The van der Waals surface area contributed by atoms with Crippen LogP contribution in [0.3, 0.4) is 0 Å². The molecule has 0 aromatic heterocycles. The summed E-state index contributed by atoms with van der Waals surface area (Å²) in [5, 5.41) is 3.20. The van der Waals surface area contributed by atoms with Gasteiger partial charge in [-0.05, 0) is 13.8 Å². The van der Waals surface area contributed by atoms with Crippen LogP contribution in [0.4, 0.5) is 0 Å². The lowest BCUT2D eigenvalue weighted by molar-refractivity contribution is 0.133. The number of rotatable bonds is 8. The molecule has 3 heteroatoms. The SMILES string of the molecule is CCOCCNCCOCC. The monoisotopic (exact) mass is 161 g/mol. The molecule has 0 aliphatic rings. The molecule has 0 fully saturated rings. The lowest BCUT2D eigenvalue weighted by Gasteiger charge is -2.04. The fraction of sp³-hybridized carbons (Fsp3) is 1.00. The summed E-state index contributed by atoms with van der Waals surface area (Å²) in [5.74, 6) is 0. The van der Waals surface area contributed by atoms with Crippen LogP contribution in [0.1, 0.15) is 13.8 Å². The van der Waals surface area contributed by atoms with Crippen molar-refractivity contribution in [1.82, 2.24) is 5.32 Å². The van der Waals surface area contributed by atoms with Gasteiger partial charge in [-0.15, -0.1) is 0 Å². The highest BCUT2D eigenvalue weighted by atomic mass is 16.5. The van der Waals surface area contributed by atoms with Crippen molar-refractivity contribution in [3.05, 3.63) is 0 Å². The fourth-order valence-corrected chi connectivity index (χ4v) is 0.702. The van der Waals surface area contributed by atoms with Crippen molar-refractivity contribution in [3.8, 4) is 0 Å². The minimum absolute atomic E-state index is 0.794. The normalized spacial score (nSPS) is 10.4. The van der Waals surface area contributed by atoms with Gasteiger partial charge in [0.05, 0.1) is 13.2 Å². The summed E-state index contributed by atoms with van der Waals surface area (Å²) in [6, 6.07) is 0. The molecule has 0 aliphatic heterocycles. The van der Waals surface area contributed by atoms with Gasteiger partial charge in [-0.2, -0.15) is 0 Å². The third kappa shape index (κ3) is 9.88. The van der Waals surface area contributed by atoms with Crippen LogP contribution < -0.4 is 5.32 Å². The summed E-state index contributed by atoms with van der Waals surface area (Å²) in [6.45, 7) is 9.02.